The van der Waals surface area contributed by atoms with Crippen LogP contribution in [-0.4, -0.2) is 14.1 Å². The van der Waals surface area contributed by atoms with Gasteiger partial charge in [0.05, 0.1) is 5.02 Å². The van der Waals surface area contributed by atoms with Crippen LogP contribution in [0.15, 0.2) is 42.5 Å². The van der Waals surface area contributed by atoms with Gasteiger partial charge in [0, 0.05) is 25.8 Å². The fraction of sp³-hybridized carbons (Fsp3) is 0.250. The molecule has 0 saturated heterocycles. The van der Waals surface area contributed by atoms with E-state index < -0.39 is 0 Å². The molecule has 20 heavy (non-hydrogen) atoms. The molecule has 0 aromatic heterocycles. The molecule has 0 heterocycles. The van der Waals surface area contributed by atoms with Crippen LogP contribution in [0.2, 0.25) is 5.02 Å². The summed E-state index contributed by atoms with van der Waals surface area (Å²) >= 11 is 5.79. The molecule has 106 valence electrons. The van der Waals surface area contributed by atoms with Crippen molar-refractivity contribution in [2.24, 2.45) is 5.73 Å². The Kier molecular flexibility index (Phi) is 4.63. The Hall–Kier alpha value is -1.58. The molecule has 0 saturated carbocycles. The lowest BCUT2D eigenvalue weighted by Gasteiger charge is -2.17. The highest BCUT2D eigenvalue weighted by molar-refractivity contribution is 6.30. The third kappa shape index (κ3) is 3.30. The summed E-state index contributed by atoms with van der Waals surface area (Å²) in [5.41, 5.74) is 8.78. The van der Waals surface area contributed by atoms with Gasteiger partial charge in [-0.3, -0.25) is 0 Å². The van der Waals surface area contributed by atoms with Crippen molar-refractivity contribution >= 4 is 17.3 Å². The molecule has 0 bridgehead atoms. The number of rotatable bonds is 4. The smallest absolute Gasteiger partial charge is 0.145 e. The first-order chi connectivity index (χ1) is 9.49. The van der Waals surface area contributed by atoms with Crippen molar-refractivity contribution in [2.75, 3.05) is 19.0 Å². The largest absolute Gasteiger partial charge is 0.378 e. The van der Waals surface area contributed by atoms with E-state index in [2.05, 4.69) is 0 Å². The molecule has 1 atom stereocenters. The van der Waals surface area contributed by atoms with Gasteiger partial charge in [0.1, 0.15) is 5.82 Å². The second kappa shape index (κ2) is 6.25. The first-order valence-corrected chi connectivity index (χ1v) is 6.82. The molecule has 0 aliphatic heterocycles. The molecule has 0 aliphatic carbocycles. The van der Waals surface area contributed by atoms with E-state index in [9.17, 15) is 4.39 Å². The maximum atomic E-state index is 13.9. The zero-order valence-electron chi connectivity index (χ0n) is 11.6. The van der Waals surface area contributed by atoms with Crippen LogP contribution in [0.4, 0.5) is 10.1 Å². The minimum absolute atomic E-state index is 0.136. The van der Waals surface area contributed by atoms with E-state index in [0.29, 0.717) is 12.0 Å². The third-order valence-electron chi connectivity index (χ3n) is 3.29. The predicted octanol–water partition coefficient (Wildman–Crippen LogP) is 3.79. The SMILES string of the molecule is CN(C)c1cccc(C(N)Cc2cccc(Cl)c2F)c1. The summed E-state index contributed by atoms with van der Waals surface area (Å²) in [6.45, 7) is 0. The van der Waals surface area contributed by atoms with Crippen LogP contribution in [0, 0.1) is 5.82 Å². The second-order valence-electron chi connectivity index (χ2n) is 5.01. The van der Waals surface area contributed by atoms with Crippen molar-refractivity contribution in [3.63, 3.8) is 0 Å². The number of nitrogens with two attached hydrogens (primary N) is 1. The highest BCUT2D eigenvalue weighted by atomic mass is 35.5. The van der Waals surface area contributed by atoms with Gasteiger partial charge in [0.15, 0.2) is 0 Å². The molecule has 0 amide bonds. The van der Waals surface area contributed by atoms with Crippen molar-refractivity contribution in [1.29, 1.82) is 0 Å². The van der Waals surface area contributed by atoms with Crippen LogP contribution in [0.5, 0.6) is 0 Å². The fourth-order valence-corrected chi connectivity index (χ4v) is 2.29. The van der Waals surface area contributed by atoms with Crippen molar-refractivity contribution in [1.82, 2.24) is 0 Å². The molecule has 0 spiro atoms. The molecule has 0 aliphatic rings. The summed E-state index contributed by atoms with van der Waals surface area (Å²) in [4.78, 5) is 2.01. The van der Waals surface area contributed by atoms with E-state index in [0.717, 1.165) is 11.3 Å². The number of benzene rings is 2. The van der Waals surface area contributed by atoms with Gasteiger partial charge in [-0.25, -0.2) is 4.39 Å². The number of nitrogens with zero attached hydrogens (tertiary/aromatic N) is 1. The van der Waals surface area contributed by atoms with Crippen molar-refractivity contribution < 1.29 is 4.39 Å². The monoisotopic (exact) mass is 292 g/mol. The summed E-state index contributed by atoms with van der Waals surface area (Å²) in [5, 5.41) is 0.136. The molecule has 2 rings (SSSR count). The Morgan fingerprint density at radius 1 is 1.20 bits per heavy atom. The van der Waals surface area contributed by atoms with E-state index in [1.165, 1.54) is 0 Å². The summed E-state index contributed by atoms with van der Waals surface area (Å²) < 4.78 is 13.9. The summed E-state index contributed by atoms with van der Waals surface area (Å²) in [7, 11) is 3.95. The third-order valence-corrected chi connectivity index (χ3v) is 3.58. The van der Waals surface area contributed by atoms with E-state index in [1.54, 1.807) is 18.2 Å². The molecule has 1 unspecified atom stereocenters. The normalized spacial score (nSPS) is 12.2. The Balaban J connectivity index is 2.21. The van der Waals surface area contributed by atoms with Gasteiger partial charge in [-0.1, -0.05) is 35.9 Å². The topological polar surface area (TPSA) is 29.3 Å². The average molecular weight is 293 g/mol. The molecule has 2 N–H and O–H groups in total. The Morgan fingerprint density at radius 3 is 2.60 bits per heavy atom. The van der Waals surface area contributed by atoms with Gasteiger partial charge in [-0.05, 0) is 35.7 Å². The lowest BCUT2D eigenvalue weighted by Crippen LogP contribution is -2.15. The van der Waals surface area contributed by atoms with Crippen molar-refractivity contribution in [2.45, 2.75) is 12.5 Å². The Bertz CT molecular complexity index is 599. The molecule has 4 heteroatoms. The second-order valence-corrected chi connectivity index (χ2v) is 5.42. The van der Waals surface area contributed by atoms with E-state index in [-0.39, 0.29) is 16.9 Å². The highest BCUT2D eigenvalue weighted by Crippen LogP contribution is 2.24. The highest BCUT2D eigenvalue weighted by Gasteiger charge is 2.13. The summed E-state index contributed by atoms with van der Waals surface area (Å²) in [6.07, 6.45) is 0.420. The van der Waals surface area contributed by atoms with Crippen LogP contribution in [0.3, 0.4) is 0 Å². The number of anilines is 1. The Morgan fingerprint density at radius 2 is 1.90 bits per heavy atom. The minimum Gasteiger partial charge on any atom is -0.378 e. The van der Waals surface area contributed by atoms with Crippen LogP contribution >= 0.6 is 11.6 Å². The van der Waals surface area contributed by atoms with Gasteiger partial charge in [0.2, 0.25) is 0 Å². The van der Waals surface area contributed by atoms with Crippen LogP contribution < -0.4 is 10.6 Å². The Labute approximate surface area is 124 Å². The fourth-order valence-electron chi connectivity index (χ4n) is 2.09. The van der Waals surface area contributed by atoms with Gasteiger partial charge >= 0.3 is 0 Å². The molecule has 0 radical (unpaired) electrons. The predicted molar refractivity (Wildman–Crippen MR) is 82.8 cm³/mol. The number of hydrogen-bond donors (Lipinski definition) is 1. The lowest BCUT2D eigenvalue weighted by molar-refractivity contribution is 0.594. The van der Waals surface area contributed by atoms with Gasteiger partial charge < -0.3 is 10.6 Å². The van der Waals surface area contributed by atoms with Crippen LogP contribution in [-0.2, 0) is 6.42 Å². The first kappa shape index (κ1) is 14.8. The quantitative estimate of drug-likeness (QED) is 0.929. The maximum absolute atomic E-state index is 13.9. The van der Waals surface area contributed by atoms with Crippen molar-refractivity contribution in [3.8, 4) is 0 Å². The van der Waals surface area contributed by atoms with E-state index in [1.807, 2.05) is 43.3 Å². The van der Waals surface area contributed by atoms with Gasteiger partial charge in [-0.2, -0.15) is 0 Å². The molecular formula is C16H18ClFN2. The van der Waals surface area contributed by atoms with E-state index >= 15 is 0 Å². The maximum Gasteiger partial charge on any atom is 0.145 e. The zero-order chi connectivity index (χ0) is 14.7. The number of halogens is 2. The van der Waals surface area contributed by atoms with Gasteiger partial charge in [-0.15, -0.1) is 0 Å². The molecule has 2 aromatic carbocycles. The molecular weight excluding hydrogens is 275 g/mol. The number of hydrogen-bond acceptors (Lipinski definition) is 2. The minimum atomic E-state index is -0.381. The average Bonchev–Trinajstić information content (AvgIpc) is 2.44. The lowest BCUT2D eigenvalue weighted by atomic mass is 9.99. The summed E-state index contributed by atoms with van der Waals surface area (Å²) in [6, 6.07) is 12.7. The van der Waals surface area contributed by atoms with Crippen molar-refractivity contribution in [3.05, 3.63) is 64.4 Å². The standard InChI is InChI=1S/C16H18ClFN2/c1-20(2)13-7-3-5-11(9-13)15(19)10-12-6-4-8-14(17)16(12)18/h3-9,15H,10,19H2,1-2H3. The summed E-state index contributed by atoms with van der Waals surface area (Å²) in [5.74, 6) is -0.381. The first-order valence-electron chi connectivity index (χ1n) is 6.45. The van der Waals surface area contributed by atoms with E-state index in [4.69, 9.17) is 17.3 Å². The molecule has 0 fully saturated rings. The molecule has 2 aromatic rings. The van der Waals surface area contributed by atoms with Gasteiger partial charge in [0.25, 0.3) is 0 Å². The van der Waals surface area contributed by atoms with Crippen LogP contribution in [0.25, 0.3) is 0 Å². The zero-order valence-corrected chi connectivity index (χ0v) is 12.4. The molecule has 2 nitrogen and oxygen atoms in total. The van der Waals surface area contributed by atoms with Crippen LogP contribution in [0.1, 0.15) is 17.2 Å².